The monoisotopic (exact) mass is 274 g/mol. The number of nitro groups is 1. The van der Waals surface area contributed by atoms with Gasteiger partial charge in [-0.25, -0.2) is 0 Å². The molecular formula is C10H15ClN4O3. The van der Waals surface area contributed by atoms with Crippen LogP contribution in [-0.4, -0.2) is 46.4 Å². The fraction of sp³-hybridized carbons (Fsp3) is 0.500. The molecule has 1 saturated heterocycles. The minimum absolute atomic E-state index is 0. The van der Waals surface area contributed by atoms with E-state index >= 15 is 0 Å². The van der Waals surface area contributed by atoms with E-state index in [9.17, 15) is 14.9 Å². The predicted molar refractivity (Wildman–Crippen MR) is 68.1 cm³/mol. The highest BCUT2D eigenvalue weighted by Crippen LogP contribution is 2.14. The molecule has 7 nitrogen and oxygen atoms in total. The normalized spacial score (nSPS) is 19.2. The second kappa shape index (κ2) is 5.83. The molecule has 1 fully saturated rings. The van der Waals surface area contributed by atoms with Crippen molar-refractivity contribution in [1.82, 2.24) is 15.2 Å². The van der Waals surface area contributed by atoms with Crippen LogP contribution in [0.25, 0.3) is 0 Å². The third kappa shape index (κ3) is 2.99. The summed E-state index contributed by atoms with van der Waals surface area (Å²) in [6.45, 7) is 3.98. The number of H-pyrrole nitrogens is 1. The molecule has 0 spiro atoms. The van der Waals surface area contributed by atoms with Gasteiger partial charge >= 0.3 is 0 Å². The van der Waals surface area contributed by atoms with Crippen LogP contribution >= 0.6 is 12.4 Å². The molecule has 0 aromatic carbocycles. The number of hydrogen-bond acceptors (Lipinski definition) is 4. The maximum absolute atomic E-state index is 12.0. The van der Waals surface area contributed by atoms with E-state index in [1.807, 2.05) is 6.92 Å². The highest BCUT2D eigenvalue weighted by Gasteiger charge is 2.23. The Kier molecular flexibility index (Phi) is 4.69. The van der Waals surface area contributed by atoms with Gasteiger partial charge in [-0.05, 0) is 6.92 Å². The van der Waals surface area contributed by atoms with Gasteiger partial charge in [0.1, 0.15) is 5.69 Å². The zero-order valence-corrected chi connectivity index (χ0v) is 10.7. The SMILES string of the molecule is C[C@H]1CN(C(=O)c2cc([N+](=O)[O-])c[nH]2)CCN1.Cl. The third-order valence-electron chi connectivity index (χ3n) is 2.76. The molecule has 0 saturated carbocycles. The summed E-state index contributed by atoms with van der Waals surface area (Å²) in [6.07, 6.45) is 1.23. The maximum Gasteiger partial charge on any atom is 0.287 e. The van der Waals surface area contributed by atoms with Crippen molar-refractivity contribution in [3.8, 4) is 0 Å². The molecule has 100 valence electrons. The number of nitrogens with one attached hydrogen (secondary N) is 2. The number of halogens is 1. The Morgan fingerprint density at radius 3 is 2.89 bits per heavy atom. The van der Waals surface area contributed by atoms with Crippen molar-refractivity contribution in [1.29, 1.82) is 0 Å². The van der Waals surface area contributed by atoms with Gasteiger partial charge in [0.15, 0.2) is 0 Å². The number of carbonyl (C=O) groups excluding carboxylic acids is 1. The second-order valence-corrected chi connectivity index (χ2v) is 4.14. The molecule has 1 aromatic heterocycles. The second-order valence-electron chi connectivity index (χ2n) is 4.14. The smallest absolute Gasteiger partial charge is 0.287 e. The lowest BCUT2D eigenvalue weighted by Gasteiger charge is -2.31. The number of amides is 1. The zero-order valence-electron chi connectivity index (χ0n) is 9.88. The van der Waals surface area contributed by atoms with Crippen LogP contribution in [0, 0.1) is 10.1 Å². The number of piperazine rings is 1. The fourth-order valence-corrected chi connectivity index (χ4v) is 1.90. The first kappa shape index (κ1) is 14.5. The van der Waals surface area contributed by atoms with E-state index in [-0.39, 0.29) is 35.7 Å². The first-order chi connectivity index (χ1) is 8.08. The Labute approximate surface area is 110 Å². The van der Waals surface area contributed by atoms with E-state index in [1.165, 1.54) is 12.3 Å². The van der Waals surface area contributed by atoms with Gasteiger partial charge in [0.05, 0.1) is 11.1 Å². The van der Waals surface area contributed by atoms with Crippen molar-refractivity contribution in [3.63, 3.8) is 0 Å². The van der Waals surface area contributed by atoms with Crippen LogP contribution in [0.1, 0.15) is 17.4 Å². The lowest BCUT2D eigenvalue weighted by Crippen LogP contribution is -2.51. The van der Waals surface area contributed by atoms with Crippen molar-refractivity contribution >= 4 is 24.0 Å². The first-order valence-corrected chi connectivity index (χ1v) is 5.43. The minimum Gasteiger partial charge on any atom is -0.351 e. The van der Waals surface area contributed by atoms with Crippen LogP contribution in [-0.2, 0) is 0 Å². The van der Waals surface area contributed by atoms with Gasteiger partial charge in [-0.3, -0.25) is 14.9 Å². The topological polar surface area (TPSA) is 91.3 Å². The Morgan fingerprint density at radius 2 is 2.33 bits per heavy atom. The Balaban J connectivity index is 0.00000162. The molecule has 1 aromatic rings. The standard InChI is InChI=1S/C10H14N4O3.ClH/c1-7-6-13(3-2-11-7)10(15)9-4-8(5-12-9)14(16)17;/h4-5,7,11-12H,2-3,6H2,1H3;1H/t7-;/m0./s1. The van der Waals surface area contributed by atoms with Gasteiger partial charge in [0, 0.05) is 31.7 Å². The van der Waals surface area contributed by atoms with Crippen molar-refractivity contribution in [2.45, 2.75) is 13.0 Å². The van der Waals surface area contributed by atoms with Crippen molar-refractivity contribution in [2.75, 3.05) is 19.6 Å². The lowest BCUT2D eigenvalue weighted by atomic mass is 10.2. The lowest BCUT2D eigenvalue weighted by molar-refractivity contribution is -0.384. The number of aromatic nitrogens is 1. The van der Waals surface area contributed by atoms with E-state index in [0.717, 1.165) is 6.54 Å². The average molecular weight is 275 g/mol. The van der Waals surface area contributed by atoms with Gasteiger partial charge in [-0.2, -0.15) is 0 Å². The molecule has 2 N–H and O–H groups in total. The summed E-state index contributed by atoms with van der Waals surface area (Å²) < 4.78 is 0. The largest absolute Gasteiger partial charge is 0.351 e. The molecule has 1 aliphatic rings. The highest BCUT2D eigenvalue weighted by atomic mass is 35.5. The molecular weight excluding hydrogens is 260 g/mol. The minimum atomic E-state index is -0.520. The highest BCUT2D eigenvalue weighted by molar-refractivity contribution is 5.93. The van der Waals surface area contributed by atoms with Crippen LogP contribution in [0.15, 0.2) is 12.3 Å². The summed E-state index contributed by atoms with van der Waals surface area (Å²) in [5.74, 6) is -0.188. The molecule has 8 heteroatoms. The molecule has 2 rings (SSSR count). The average Bonchev–Trinajstić information content (AvgIpc) is 2.77. The van der Waals surface area contributed by atoms with Gasteiger partial charge in [-0.1, -0.05) is 0 Å². The van der Waals surface area contributed by atoms with Gasteiger partial charge in [0.25, 0.3) is 11.6 Å². The number of hydrogen-bond donors (Lipinski definition) is 2. The number of carbonyl (C=O) groups is 1. The number of nitrogens with zero attached hydrogens (tertiary/aromatic N) is 2. The molecule has 0 unspecified atom stereocenters. The van der Waals surface area contributed by atoms with Gasteiger partial charge in [-0.15, -0.1) is 12.4 Å². The summed E-state index contributed by atoms with van der Waals surface area (Å²) in [7, 11) is 0. The molecule has 1 amide bonds. The van der Waals surface area contributed by atoms with Gasteiger partial charge in [0.2, 0.25) is 0 Å². The Morgan fingerprint density at radius 1 is 1.61 bits per heavy atom. The quantitative estimate of drug-likeness (QED) is 0.616. The van der Waals surface area contributed by atoms with E-state index in [4.69, 9.17) is 0 Å². The van der Waals surface area contributed by atoms with E-state index < -0.39 is 4.92 Å². The fourth-order valence-electron chi connectivity index (χ4n) is 1.90. The summed E-state index contributed by atoms with van der Waals surface area (Å²) in [6, 6.07) is 1.52. The van der Waals surface area contributed by atoms with Crippen LogP contribution in [0.5, 0.6) is 0 Å². The molecule has 1 atom stereocenters. The van der Waals surface area contributed by atoms with Crippen molar-refractivity contribution in [3.05, 3.63) is 28.1 Å². The zero-order chi connectivity index (χ0) is 12.4. The molecule has 0 bridgehead atoms. The van der Waals surface area contributed by atoms with Crippen LogP contribution in [0.4, 0.5) is 5.69 Å². The van der Waals surface area contributed by atoms with Crippen molar-refractivity contribution < 1.29 is 9.72 Å². The molecule has 1 aliphatic heterocycles. The van der Waals surface area contributed by atoms with E-state index in [0.29, 0.717) is 13.1 Å². The molecule has 0 aliphatic carbocycles. The molecule has 18 heavy (non-hydrogen) atoms. The Hall–Kier alpha value is -1.60. The summed E-state index contributed by atoms with van der Waals surface area (Å²) in [5, 5.41) is 13.7. The van der Waals surface area contributed by atoms with E-state index in [2.05, 4.69) is 10.3 Å². The van der Waals surface area contributed by atoms with E-state index in [1.54, 1.807) is 4.90 Å². The van der Waals surface area contributed by atoms with Crippen LogP contribution < -0.4 is 5.32 Å². The van der Waals surface area contributed by atoms with Crippen molar-refractivity contribution in [2.24, 2.45) is 0 Å². The third-order valence-corrected chi connectivity index (χ3v) is 2.76. The maximum atomic E-state index is 12.0. The molecule has 2 heterocycles. The first-order valence-electron chi connectivity index (χ1n) is 5.43. The number of aromatic amines is 1. The molecule has 0 radical (unpaired) electrons. The number of rotatable bonds is 2. The Bertz CT molecular complexity index is 448. The van der Waals surface area contributed by atoms with Crippen LogP contribution in [0.2, 0.25) is 0 Å². The van der Waals surface area contributed by atoms with Gasteiger partial charge < -0.3 is 15.2 Å². The summed E-state index contributed by atoms with van der Waals surface area (Å²) >= 11 is 0. The summed E-state index contributed by atoms with van der Waals surface area (Å²) in [5.41, 5.74) is 0.183. The summed E-state index contributed by atoms with van der Waals surface area (Å²) in [4.78, 5) is 26.4. The predicted octanol–water partition coefficient (Wildman–Crippen LogP) is 0.779. The van der Waals surface area contributed by atoms with Crippen LogP contribution in [0.3, 0.4) is 0 Å².